The van der Waals surface area contributed by atoms with Crippen LogP contribution >= 0.6 is 23.2 Å². The summed E-state index contributed by atoms with van der Waals surface area (Å²) in [5.41, 5.74) is -0.0174. The van der Waals surface area contributed by atoms with Gasteiger partial charge in [-0.25, -0.2) is 9.37 Å². The maximum atomic E-state index is 16.1. The summed E-state index contributed by atoms with van der Waals surface area (Å²) in [7, 11) is 0. The first-order valence-corrected chi connectivity index (χ1v) is 17.1. The highest BCUT2D eigenvalue weighted by molar-refractivity contribution is 6.31. The van der Waals surface area contributed by atoms with E-state index in [4.69, 9.17) is 27.9 Å². The van der Waals surface area contributed by atoms with Crippen LogP contribution in [0.15, 0.2) is 30.5 Å². The van der Waals surface area contributed by atoms with Crippen molar-refractivity contribution in [3.05, 3.63) is 57.6 Å². The smallest absolute Gasteiger partial charge is 0.236 e. The number of hydrogen-bond acceptors (Lipinski definition) is 5. The van der Waals surface area contributed by atoms with Gasteiger partial charge in [0.15, 0.2) is 16.8 Å². The Labute approximate surface area is 275 Å². The van der Waals surface area contributed by atoms with Crippen LogP contribution < -0.4 is 5.32 Å². The Hall–Kier alpha value is -2.35. The van der Waals surface area contributed by atoms with Gasteiger partial charge in [-0.1, -0.05) is 57.0 Å². The number of carbonyl (C=O) groups is 3. The van der Waals surface area contributed by atoms with Crippen LogP contribution in [0, 0.1) is 34.4 Å². The van der Waals surface area contributed by atoms with E-state index in [1.54, 1.807) is 18.2 Å². The van der Waals surface area contributed by atoms with Crippen LogP contribution in [-0.2, 0) is 24.5 Å². The number of amides is 1. The molecule has 3 fully saturated rings. The molecule has 3 heterocycles. The predicted molar refractivity (Wildman–Crippen MR) is 173 cm³/mol. The molecule has 2 aromatic rings. The van der Waals surface area contributed by atoms with Gasteiger partial charge in [0.25, 0.3) is 0 Å². The Bertz CT molecular complexity index is 1510. The molecule has 4 aliphatic rings. The number of ether oxygens (including phenoxy) is 1. The van der Waals surface area contributed by atoms with E-state index in [1.165, 1.54) is 6.20 Å². The average Bonchev–Trinajstić information content (AvgIpc) is 3.44. The molecule has 0 radical (unpaired) electrons. The third-order valence-corrected chi connectivity index (χ3v) is 11.8. The van der Waals surface area contributed by atoms with Gasteiger partial charge in [0.05, 0.1) is 12.0 Å². The second-order valence-electron chi connectivity index (χ2n) is 15.2. The molecular formula is C36H43Cl2FN2O4. The molecule has 9 heteroatoms. The van der Waals surface area contributed by atoms with Gasteiger partial charge in [-0.2, -0.15) is 0 Å². The Morgan fingerprint density at radius 3 is 2.49 bits per heavy atom. The molecule has 2 saturated carbocycles. The van der Waals surface area contributed by atoms with E-state index >= 15 is 4.39 Å². The van der Waals surface area contributed by atoms with Crippen molar-refractivity contribution in [3.63, 3.8) is 0 Å². The van der Waals surface area contributed by atoms with Crippen LogP contribution in [0.25, 0.3) is 0 Å². The minimum absolute atomic E-state index is 0.00388. The van der Waals surface area contributed by atoms with Crippen LogP contribution in [0.4, 0.5) is 10.1 Å². The lowest BCUT2D eigenvalue weighted by molar-refractivity contribution is -0.137. The number of carbonyl (C=O) groups excluding carboxylic acids is 3. The van der Waals surface area contributed by atoms with E-state index in [0.717, 1.165) is 31.2 Å². The van der Waals surface area contributed by atoms with Crippen molar-refractivity contribution in [2.45, 2.75) is 103 Å². The molecule has 2 aliphatic carbocycles. The van der Waals surface area contributed by atoms with Crippen molar-refractivity contribution in [1.82, 2.24) is 4.98 Å². The fraction of sp³-hybridized carbons (Fsp3) is 0.611. The number of anilines is 1. The number of benzene rings is 1. The summed E-state index contributed by atoms with van der Waals surface area (Å²) in [6.45, 7) is 8.86. The van der Waals surface area contributed by atoms with Gasteiger partial charge < -0.3 is 10.1 Å². The van der Waals surface area contributed by atoms with Crippen LogP contribution in [0.3, 0.4) is 0 Å². The van der Waals surface area contributed by atoms with E-state index in [9.17, 15) is 14.4 Å². The molecule has 1 saturated heterocycles. The number of rotatable bonds is 7. The molecule has 242 valence electrons. The molecule has 2 spiro atoms. The van der Waals surface area contributed by atoms with Crippen LogP contribution in [-0.4, -0.2) is 35.2 Å². The van der Waals surface area contributed by atoms with Crippen molar-refractivity contribution in [2.75, 3.05) is 11.9 Å². The molecule has 6 rings (SSSR count). The van der Waals surface area contributed by atoms with Gasteiger partial charge in [0, 0.05) is 41.6 Å². The Morgan fingerprint density at radius 1 is 1.09 bits per heavy atom. The third kappa shape index (κ3) is 5.55. The van der Waals surface area contributed by atoms with Gasteiger partial charge in [-0.15, -0.1) is 0 Å². The van der Waals surface area contributed by atoms with Crippen molar-refractivity contribution < 1.29 is 23.5 Å². The average molecular weight is 658 g/mol. The topological polar surface area (TPSA) is 85.4 Å². The van der Waals surface area contributed by atoms with Crippen LogP contribution in [0.2, 0.25) is 10.2 Å². The number of Topliss-reactive ketones (excluding diaryl/α,β-unsaturated/α-hetero) is 2. The first-order valence-electron chi connectivity index (χ1n) is 16.4. The lowest BCUT2D eigenvalue weighted by Crippen LogP contribution is -2.52. The molecule has 0 unspecified atom stereocenters. The van der Waals surface area contributed by atoms with E-state index in [0.29, 0.717) is 43.0 Å². The summed E-state index contributed by atoms with van der Waals surface area (Å²) >= 11 is 12.7. The first-order chi connectivity index (χ1) is 21.3. The third-order valence-electron chi connectivity index (χ3n) is 11.3. The fourth-order valence-corrected chi connectivity index (χ4v) is 9.43. The number of hydrogen-bond donors (Lipinski definition) is 1. The number of nitrogens with zero attached hydrogens (tertiary/aromatic N) is 1. The first kappa shape index (κ1) is 32.6. The highest BCUT2D eigenvalue weighted by atomic mass is 35.5. The maximum absolute atomic E-state index is 16.1. The standard InChI is InChI=1S/C36H43Cl2FN2O4/c1-20(2)15-28(43)29-8-5-21(19-45-29)16-27(42)24-18-35(12-10-34(3,4)11-13-35)36(30(24)23-9-14-40-32(38)31(23)39)25-7-6-22(37)17-26(25)41-33(36)44/h6-7,9,14,17,20-21,24,29-30H,5,8,10-13,15-16,18-19H2,1-4H3,(H,41,44)/t21-,24-,29-,30-,36+/m0/s1. The van der Waals surface area contributed by atoms with Gasteiger partial charge >= 0.3 is 0 Å². The molecular weight excluding hydrogens is 614 g/mol. The largest absolute Gasteiger partial charge is 0.370 e. The second-order valence-corrected chi connectivity index (χ2v) is 16.0. The van der Waals surface area contributed by atoms with Gasteiger partial charge in [-0.3, -0.25) is 14.4 Å². The maximum Gasteiger partial charge on any atom is 0.236 e. The fourth-order valence-electron chi connectivity index (χ4n) is 9.09. The number of nitrogens with one attached hydrogen (secondary N) is 1. The minimum Gasteiger partial charge on any atom is -0.370 e. The lowest BCUT2D eigenvalue weighted by Gasteiger charge is -2.51. The Balaban J connectivity index is 1.41. The van der Waals surface area contributed by atoms with Crippen LogP contribution in [0.1, 0.15) is 103 Å². The summed E-state index contributed by atoms with van der Waals surface area (Å²) < 4.78 is 22.1. The number of aromatic nitrogens is 1. The van der Waals surface area contributed by atoms with Gasteiger partial charge in [0.2, 0.25) is 5.91 Å². The molecule has 1 N–H and O–H groups in total. The second kappa shape index (κ2) is 12.0. The van der Waals surface area contributed by atoms with E-state index < -0.39 is 34.6 Å². The highest BCUT2D eigenvalue weighted by Gasteiger charge is 2.72. The van der Waals surface area contributed by atoms with Crippen LogP contribution in [0.5, 0.6) is 0 Å². The van der Waals surface area contributed by atoms with Gasteiger partial charge in [-0.05, 0) is 96.9 Å². The highest BCUT2D eigenvalue weighted by Crippen LogP contribution is 2.72. The SMILES string of the molecule is CC(C)CC(=O)[C@@H]1CC[C@@H](CC(=O)[C@@H]2CC3(CCC(C)(C)CC3)[C@@]3(C(=O)Nc4cc(Cl)ccc43)[C@H]2c2ccnc(Cl)c2F)CO1. The Kier molecular flexibility index (Phi) is 8.71. The van der Waals surface area contributed by atoms with Crippen molar-refractivity contribution >= 4 is 46.4 Å². The molecule has 1 aromatic carbocycles. The van der Waals surface area contributed by atoms with Crippen molar-refractivity contribution in [3.8, 4) is 0 Å². The number of halogens is 3. The predicted octanol–water partition coefficient (Wildman–Crippen LogP) is 8.48. The number of pyridine rings is 1. The molecule has 6 nitrogen and oxygen atoms in total. The zero-order valence-corrected chi connectivity index (χ0v) is 28.1. The molecule has 1 aromatic heterocycles. The number of fused-ring (bicyclic) bond motifs is 3. The normalized spacial score (nSPS) is 30.1. The van der Waals surface area contributed by atoms with Crippen molar-refractivity contribution in [2.24, 2.45) is 28.6 Å². The summed E-state index contributed by atoms with van der Waals surface area (Å²) in [4.78, 5) is 45.8. The molecule has 1 amide bonds. The van der Waals surface area contributed by atoms with Crippen molar-refractivity contribution in [1.29, 1.82) is 0 Å². The van der Waals surface area contributed by atoms with E-state index in [2.05, 4.69) is 24.1 Å². The monoisotopic (exact) mass is 656 g/mol. The molecule has 5 atom stereocenters. The minimum atomic E-state index is -1.19. The van der Waals surface area contributed by atoms with E-state index in [1.807, 2.05) is 19.9 Å². The molecule has 45 heavy (non-hydrogen) atoms. The Morgan fingerprint density at radius 2 is 1.82 bits per heavy atom. The summed E-state index contributed by atoms with van der Waals surface area (Å²) in [5.74, 6) is -1.95. The van der Waals surface area contributed by atoms with Gasteiger partial charge in [0.1, 0.15) is 11.9 Å². The summed E-state index contributed by atoms with van der Waals surface area (Å²) in [6.07, 6.45) is 6.80. The molecule has 0 bridgehead atoms. The summed E-state index contributed by atoms with van der Waals surface area (Å²) in [5, 5.41) is 3.33. The van der Waals surface area contributed by atoms with E-state index in [-0.39, 0.29) is 51.9 Å². The molecule has 2 aliphatic heterocycles. The number of ketones is 2. The zero-order valence-electron chi connectivity index (χ0n) is 26.6. The lowest BCUT2D eigenvalue weighted by atomic mass is 9.51. The summed E-state index contributed by atoms with van der Waals surface area (Å²) in [6, 6.07) is 7.01. The quantitative estimate of drug-likeness (QED) is 0.302. The zero-order chi connectivity index (χ0) is 32.3.